The topological polar surface area (TPSA) is 68.3 Å². The number of piperazine rings is 1. The lowest BCUT2D eigenvalue weighted by atomic mass is 9.63. The van der Waals surface area contributed by atoms with Gasteiger partial charge in [-0.25, -0.2) is 0 Å². The maximum Gasteiger partial charge on any atom is 0.150 e. The number of nitrogens with one attached hydrogen (secondary N) is 1. The number of ether oxygens (including phenoxy) is 1. The number of hydrogen-bond donors (Lipinski definition) is 2. The zero-order valence-corrected chi connectivity index (χ0v) is 33.3. The van der Waals surface area contributed by atoms with Crippen molar-refractivity contribution in [3.63, 3.8) is 0 Å². The van der Waals surface area contributed by atoms with Gasteiger partial charge in [0.1, 0.15) is 12.0 Å². The fourth-order valence-corrected chi connectivity index (χ4v) is 11.3. The van der Waals surface area contributed by atoms with E-state index in [4.69, 9.17) is 16.3 Å². The van der Waals surface area contributed by atoms with Gasteiger partial charge in [0, 0.05) is 66.6 Å². The predicted octanol–water partition coefficient (Wildman–Crippen LogP) is 7.36. The highest BCUT2D eigenvalue weighted by Crippen LogP contribution is 2.48. The molecule has 0 amide bonds. The largest absolute Gasteiger partial charge is 0.490 e. The standard InChI is InChI=1S/C43H61ClN4O3S/c1-31(32(2)52(4)45-3)9-7-19-43(50,29-46-21-22-47-20-6-5-11-37(47)26-46)39-15-13-35(39)25-48-28-42(18-8-10-34-24-36(44)14-16-38(34)42)30-51-41-17-12-33(27-49)23-40(41)48/h7,12,14,16-17,19,23-24,27,31-32,35,37,39,45,50H,4-6,8-11,13,15,18,20-22,25-26,28-30H2,1-3H3/b19-7+/t31?,32?,35?,37?,39?,42-,43-,52?/m0/s1. The Morgan fingerprint density at radius 2 is 2.00 bits per heavy atom. The van der Waals surface area contributed by atoms with Crippen LogP contribution in [0.2, 0.25) is 5.02 Å². The Bertz CT molecular complexity index is 1640. The molecule has 1 spiro atoms. The second-order valence-electron chi connectivity index (χ2n) is 16.8. The van der Waals surface area contributed by atoms with E-state index in [0.717, 1.165) is 94.0 Å². The van der Waals surface area contributed by atoms with Crippen molar-refractivity contribution in [3.8, 4) is 5.75 Å². The van der Waals surface area contributed by atoms with Crippen LogP contribution < -0.4 is 14.4 Å². The minimum absolute atomic E-state index is 0.0909. The molecular weight excluding hydrogens is 688 g/mol. The number of fused-ring (bicyclic) bond motifs is 4. The van der Waals surface area contributed by atoms with E-state index in [-0.39, 0.29) is 22.0 Å². The van der Waals surface area contributed by atoms with Crippen molar-refractivity contribution in [2.45, 2.75) is 93.9 Å². The minimum atomic E-state index is -0.917. The number of aryl methyl sites for hydroxylation is 1. The van der Waals surface area contributed by atoms with E-state index in [9.17, 15) is 9.90 Å². The maximum atomic E-state index is 13.0. The third kappa shape index (κ3) is 7.94. The Balaban J connectivity index is 1.17. The van der Waals surface area contributed by atoms with Gasteiger partial charge >= 0.3 is 0 Å². The van der Waals surface area contributed by atoms with E-state index in [1.165, 1.54) is 36.9 Å². The molecule has 52 heavy (non-hydrogen) atoms. The van der Waals surface area contributed by atoms with Crippen LogP contribution in [0.4, 0.5) is 5.69 Å². The molecule has 2 aliphatic carbocycles. The van der Waals surface area contributed by atoms with E-state index in [1.807, 2.05) is 31.3 Å². The van der Waals surface area contributed by atoms with Crippen molar-refractivity contribution < 1.29 is 14.6 Å². The Labute approximate surface area is 320 Å². The van der Waals surface area contributed by atoms with Crippen molar-refractivity contribution >= 4 is 40.1 Å². The number of carbonyl (C=O) groups excluding carboxylic acids is 1. The molecule has 0 radical (unpaired) electrons. The first-order chi connectivity index (χ1) is 25.1. The smallest absolute Gasteiger partial charge is 0.150 e. The summed E-state index contributed by atoms with van der Waals surface area (Å²) >= 11 is 6.50. The van der Waals surface area contributed by atoms with Crippen LogP contribution in [-0.4, -0.2) is 103 Å². The van der Waals surface area contributed by atoms with Crippen LogP contribution in [0.1, 0.15) is 86.7 Å². The molecule has 3 fully saturated rings. The average Bonchev–Trinajstić information content (AvgIpc) is 3.28. The van der Waals surface area contributed by atoms with Crippen LogP contribution in [0, 0.1) is 17.8 Å². The summed E-state index contributed by atoms with van der Waals surface area (Å²) in [6, 6.07) is 12.9. The second-order valence-corrected chi connectivity index (χ2v) is 19.2. The summed E-state index contributed by atoms with van der Waals surface area (Å²) in [5, 5.41) is 14.2. The SMILES string of the molecule is C=S(NC)C(C)C(C)C/C=C/[C@](O)(CN1CCN2CCCCC2C1)C1CCC1CN1C[C@@]2(CCCc3cc(Cl)ccc32)COc2ccc(C=O)cc21. The Hall–Kier alpha value is -2.20. The van der Waals surface area contributed by atoms with Gasteiger partial charge in [-0.15, -0.1) is 10.7 Å². The third-order valence-corrected chi connectivity index (χ3v) is 15.7. The number of benzene rings is 2. The summed E-state index contributed by atoms with van der Waals surface area (Å²) in [5.41, 5.74) is 3.23. The molecule has 5 aliphatic rings. The maximum absolute atomic E-state index is 13.0. The number of hydrogen-bond acceptors (Lipinski definition) is 7. The molecule has 2 N–H and O–H groups in total. The molecule has 7 rings (SSSR count). The highest BCUT2D eigenvalue weighted by Gasteiger charge is 2.49. The van der Waals surface area contributed by atoms with Gasteiger partial charge in [0.15, 0.2) is 0 Å². The fourth-order valence-electron chi connectivity index (χ4n) is 10.1. The van der Waals surface area contributed by atoms with Crippen LogP contribution in [0.3, 0.4) is 0 Å². The highest BCUT2D eigenvalue weighted by atomic mass is 35.5. The minimum Gasteiger partial charge on any atom is -0.490 e. The lowest BCUT2D eigenvalue weighted by molar-refractivity contribution is -0.0766. The first kappa shape index (κ1) is 38.1. The number of piperidine rings is 1. The van der Waals surface area contributed by atoms with Crippen molar-refractivity contribution in [3.05, 3.63) is 70.3 Å². The van der Waals surface area contributed by atoms with Gasteiger partial charge in [-0.1, -0.05) is 56.0 Å². The number of aliphatic hydroxyl groups is 1. The second kappa shape index (κ2) is 16.3. The number of rotatable bonds is 12. The average molecular weight is 750 g/mol. The summed E-state index contributed by atoms with van der Waals surface area (Å²) in [6.45, 7) is 11.9. The molecule has 2 aromatic carbocycles. The van der Waals surface area contributed by atoms with Crippen LogP contribution in [0.15, 0.2) is 48.6 Å². The lowest BCUT2D eigenvalue weighted by Gasteiger charge is -2.52. The normalized spacial score (nSPS) is 29.5. The van der Waals surface area contributed by atoms with E-state index in [2.05, 4.69) is 63.4 Å². The van der Waals surface area contributed by atoms with E-state index < -0.39 is 5.60 Å². The molecule has 0 aromatic heterocycles. The molecule has 2 saturated heterocycles. The van der Waals surface area contributed by atoms with Crippen molar-refractivity contribution in [2.75, 3.05) is 64.4 Å². The first-order valence-electron chi connectivity index (χ1n) is 19.9. The van der Waals surface area contributed by atoms with Gasteiger partial charge < -0.3 is 14.7 Å². The highest BCUT2D eigenvalue weighted by molar-refractivity contribution is 8.12. The molecule has 9 heteroatoms. The van der Waals surface area contributed by atoms with Gasteiger partial charge in [-0.2, -0.15) is 0 Å². The van der Waals surface area contributed by atoms with E-state index in [1.54, 1.807) is 0 Å². The molecule has 7 nitrogen and oxygen atoms in total. The van der Waals surface area contributed by atoms with Crippen LogP contribution >= 0.6 is 22.3 Å². The van der Waals surface area contributed by atoms with Crippen LogP contribution in [-0.2, 0) is 11.8 Å². The van der Waals surface area contributed by atoms with E-state index in [0.29, 0.717) is 41.8 Å². The molecule has 284 valence electrons. The van der Waals surface area contributed by atoms with Gasteiger partial charge in [0.2, 0.25) is 0 Å². The monoisotopic (exact) mass is 748 g/mol. The van der Waals surface area contributed by atoms with E-state index >= 15 is 0 Å². The summed E-state index contributed by atoms with van der Waals surface area (Å²) in [7, 11) is 1.90. The van der Waals surface area contributed by atoms with Gasteiger partial charge in [-0.3, -0.25) is 19.3 Å². The van der Waals surface area contributed by atoms with Crippen LogP contribution in [0.5, 0.6) is 5.75 Å². The molecule has 8 atom stereocenters. The number of β-amino-alcohol motifs (C(OH)–C–C–N with tert-alkyl or cyclic N) is 1. The number of nitrogens with zero attached hydrogens (tertiary/aromatic N) is 3. The molecule has 1 saturated carbocycles. The molecule has 3 aliphatic heterocycles. The number of allylic oxidation sites excluding steroid dienone is 1. The zero-order chi connectivity index (χ0) is 36.5. The van der Waals surface area contributed by atoms with Crippen molar-refractivity contribution in [1.29, 1.82) is 0 Å². The van der Waals surface area contributed by atoms with Gasteiger partial charge in [0.05, 0.1) is 17.9 Å². The van der Waals surface area contributed by atoms with Crippen molar-refractivity contribution in [1.82, 2.24) is 14.5 Å². The number of carbonyl (C=O) groups is 1. The summed E-state index contributed by atoms with van der Waals surface area (Å²) in [6.07, 6.45) is 15.5. The quantitative estimate of drug-likeness (QED) is 0.134. The molecular formula is C43H61ClN4O3S. The number of anilines is 1. The summed E-state index contributed by atoms with van der Waals surface area (Å²) in [5.74, 6) is 6.10. The van der Waals surface area contributed by atoms with Crippen molar-refractivity contribution in [2.24, 2.45) is 17.8 Å². The fraction of sp³-hybridized carbons (Fsp3) is 0.628. The van der Waals surface area contributed by atoms with Crippen LogP contribution in [0.25, 0.3) is 0 Å². The Morgan fingerprint density at radius 1 is 1.13 bits per heavy atom. The number of aldehydes is 1. The first-order valence-corrected chi connectivity index (χ1v) is 21.8. The third-order valence-electron chi connectivity index (χ3n) is 13.5. The number of halogens is 1. The molecule has 6 unspecified atom stereocenters. The predicted molar refractivity (Wildman–Crippen MR) is 219 cm³/mol. The summed E-state index contributed by atoms with van der Waals surface area (Å²) in [4.78, 5) is 19.8. The molecule has 3 heterocycles. The Morgan fingerprint density at radius 3 is 2.79 bits per heavy atom. The van der Waals surface area contributed by atoms with Gasteiger partial charge in [-0.05, 0) is 124 Å². The molecule has 2 aromatic rings. The zero-order valence-electron chi connectivity index (χ0n) is 31.7. The Kier molecular flexibility index (Phi) is 11.9. The summed E-state index contributed by atoms with van der Waals surface area (Å²) < 4.78 is 10.0. The lowest BCUT2D eigenvalue weighted by Crippen LogP contribution is -2.60. The molecule has 0 bridgehead atoms. The van der Waals surface area contributed by atoms with Gasteiger partial charge in [0.25, 0.3) is 0 Å².